The topological polar surface area (TPSA) is 3.24 Å². The zero-order chi connectivity index (χ0) is 11.2. The summed E-state index contributed by atoms with van der Waals surface area (Å²) < 4.78 is 0. The van der Waals surface area contributed by atoms with Crippen LogP contribution in [0.2, 0.25) is 0 Å². The van der Waals surface area contributed by atoms with Crippen molar-refractivity contribution in [3.05, 3.63) is 47.7 Å². The molecule has 0 aromatic rings. The van der Waals surface area contributed by atoms with Gasteiger partial charge in [0.2, 0.25) is 0 Å². The minimum absolute atomic E-state index is 0.241. The summed E-state index contributed by atoms with van der Waals surface area (Å²) in [5.74, 6) is 0. The van der Waals surface area contributed by atoms with Gasteiger partial charge in [0.1, 0.15) is 0 Å². The second kappa shape index (κ2) is 3.38. The maximum Gasteiger partial charge on any atom is 0.0602 e. The molecule has 0 spiro atoms. The third kappa shape index (κ3) is 1.12. The molecule has 1 nitrogen and oxygen atoms in total. The van der Waals surface area contributed by atoms with Gasteiger partial charge in [0.05, 0.1) is 6.04 Å². The quantitative estimate of drug-likeness (QED) is 0.645. The number of likely N-dealkylation sites (N-methyl/N-ethyl adjacent to an activating group) is 1. The van der Waals surface area contributed by atoms with E-state index in [4.69, 9.17) is 0 Å². The fraction of sp³-hybridized carbons (Fsp3) is 0.467. The minimum atomic E-state index is 0.241. The molecule has 0 aromatic heterocycles. The number of nitrogens with zero attached hydrogens (tertiary/aromatic N) is 1. The maximum atomic E-state index is 2.55. The summed E-state index contributed by atoms with van der Waals surface area (Å²) in [5, 5.41) is 0. The Labute approximate surface area is 97.8 Å². The van der Waals surface area contributed by atoms with Crippen molar-refractivity contribution in [1.82, 2.24) is 4.90 Å². The van der Waals surface area contributed by atoms with Gasteiger partial charge in [0, 0.05) is 17.7 Å². The Morgan fingerprint density at radius 3 is 3.12 bits per heavy atom. The molecule has 84 valence electrons. The summed E-state index contributed by atoms with van der Waals surface area (Å²) in [6, 6.07) is 0.537. The van der Waals surface area contributed by atoms with E-state index in [0.717, 1.165) is 6.54 Å². The van der Waals surface area contributed by atoms with Crippen molar-refractivity contribution in [1.29, 1.82) is 0 Å². The molecule has 0 saturated heterocycles. The monoisotopic (exact) mass is 213 g/mol. The highest BCUT2D eigenvalue weighted by atomic mass is 15.2. The Balaban J connectivity index is 2.13. The van der Waals surface area contributed by atoms with Crippen molar-refractivity contribution in [3.8, 4) is 0 Å². The van der Waals surface area contributed by atoms with Crippen LogP contribution < -0.4 is 0 Å². The fourth-order valence-electron chi connectivity index (χ4n) is 3.41. The SMILES string of the molecule is CCN1C2=C(CCC=C2)C2(C)C=CC=CC12. The Hall–Kier alpha value is -1.24. The van der Waals surface area contributed by atoms with Gasteiger partial charge in [-0.2, -0.15) is 0 Å². The Morgan fingerprint density at radius 1 is 1.44 bits per heavy atom. The van der Waals surface area contributed by atoms with Gasteiger partial charge in [0.25, 0.3) is 0 Å². The zero-order valence-electron chi connectivity index (χ0n) is 10.1. The largest absolute Gasteiger partial charge is 0.364 e. The van der Waals surface area contributed by atoms with Crippen molar-refractivity contribution in [2.24, 2.45) is 5.41 Å². The molecule has 0 amide bonds. The van der Waals surface area contributed by atoms with Gasteiger partial charge in [0.15, 0.2) is 0 Å². The molecule has 0 fully saturated rings. The first-order chi connectivity index (χ1) is 7.77. The summed E-state index contributed by atoms with van der Waals surface area (Å²) in [6.45, 7) is 5.74. The molecule has 0 N–H and O–H groups in total. The number of hydrogen-bond donors (Lipinski definition) is 0. The van der Waals surface area contributed by atoms with Crippen LogP contribution >= 0.6 is 0 Å². The molecular weight excluding hydrogens is 194 g/mol. The van der Waals surface area contributed by atoms with Gasteiger partial charge >= 0.3 is 0 Å². The molecule has 1 aliphatic heterocycles. The number of hydrogen-bond acceptors (Lipinski definition) is 1. The highest BCUT2D eigenvalue weighted by Gasteiger charge is 2.46. The van der Waals surface area contributed by atoms with Gasteiger partial charge in [-0.25, -0.2) is 0 Å². The van der Waals surface area contributed by atoms with Crippen molar-refractivity contribution in [2.45, 2.75) is 32.7 Å². The average molecular weight is 213 g/mol. The minimum Gasteiger partial charge on any atom is -0.364 e. The van der Waals surface area contributed by atoms with E-state index < -0.39 is 0 Å². The van der Waals surface area contributed by atoms with Crippen LogP contribution in [0.25, 0.3) is 0 Å². The maximum absolute atomic E-state index is 2.55. The summed E-state index contributed by atoms with van der Waals surface area (Å²) in [4.78, 5) is 2.55. The number of rotatable bonds is 1. The van der Waals surface area contributed by atoms with Gasteiger partial charge in [-0.1, -0.05) is 30.4 Å². The summed E-state index contributed by atoms with van der Waals surface area (Å²) in [7, 11) is 0. The van der Waals surface area contributed by atoms with E-state index in [1.54, 1.807) is 5.57 Å². The average Bonchev–Trinajstić information content (AvgIpc) is 2.58. The summed E-state index contributed by atoms with van der Waals surface area (Å²) in [5.41, 5.74) is 3.37. The van der Waals surface area contributed by atoms with Gasteiger partial charge in [-0.15, -0.1) is 0 Å². The van der Waals surface area contributed by atoms with Crippen LogP contribution in [0.15, 0.2) is 47.7 Å². The molecule has 0 radical (unpaired) electrons. The third-order valence-electron chi connectivity index (χ3n) is 4.24. The zero-order valence-corrected chi connectivity index (χ0v) is 10.1. The third-order valence-corrected chi connectivity index (χ3v) is 4.24. The van der Waals surface area contributed by atoms with E-state index in [0.29, 0.717) is 6.04 Å². The second-order valence-electron chi connectivity index (χ2n) is 5.06. The molecule has 16 heavy (non-hydrogen) atoms. The van der Waals surface area contributed by atoms with E-state index in [-0.39, 0.29) is 5.41 Å². The first kappa shape index (κ1) is 9.95. The fourth-order valence-corrected chi connectivity index (χ4v) is 3.41. The van der Waals surface area contributed by atoms with Crippen LogP contribution in [-0.2, 0) is 0 Å². The van der Waals surface area contributed by atoms with E-state index >= 15 is 0 Å². The van der Waals surface area contributed by atoms with Gasteiger partial charge < -0.3 is 4.90 Å². The Kier molecular flexibility index (Phi) is 2.10. The molecule has 0 aromatic carbocycles. The lowest BCUT2D eigenvalue weighted by atomic mass is 9.73. The van der Waals surface area contributed by atoms with Crippen molar-refractivity contribution >= 4 is 0 Å². The lowest BCUT2D eigenvalue weighted by Gasteiger charge is -2.35. The normalized spacial score (nSPS) is 35.6. The van der Waals surface area contributed by atoms with Crippen molar-refractivity contribution < 1.29 is 0 Å². The van der Waals surface area contributed by atoms with Crippen LogP contribution in [-0.4, -0.2) is 17.5 Å². The number of allylic oxidation sites excluding steroid dienone is 4. The predicted octanol–water partition coefficient (Wildman–Crippen LogP) is 3.43. The van der Waals surface area contributed by atoms with E-state index in [9.17, 15) is 0 Å². The van der Waals surface area contributed by atoms with Crippen LogP contribution in [0.1, 0.15) is 26.7 Å². The van der Waals surface area contributed by atoms with Crippen LogP contribution in [0.3, 0.4) is 0 Å². The Bertz CT molecular complexity index is 425. The van der Waals surface area contributed by atoms with Gasteiger partial charge in [-0.05, 0) is 38.3 Å². The highest BCUT2D eigenvalue weighted by molar-refractivity contribution is 5.46. The van der Waals surface area contributed by atoms with Crippen molar-refractivity contribution in [3.63, 3.8) is 0 Å². The lowest BCUT2D eigenvalue weighted by Crippen LogP contribution is -2.38. The Morgan fingerprint density at radius 2 is 2.31 bits per heavy atom. The van der Waals surface area contributed by atoms with E-state index in [1.165, 1.54) is 18.5 Å². The van der Waals surface area contributed by atoms with E-state index in [2.05, 4.69) is 55.2 Å². The molecule has 0 saturated carbocycles. The number of fused-ring (bicyclic) bond motifs is 2. The molecule has 3 aliphatic rings. The van der Waals surface area contributed by atoms with E-state index in [1.807, 2.05) is 0 Å². The molecule has 1 heteroatoms. The lowest BCUT2D eigenvalue weighted by molar-refractivity contribution is 0.262. The van der Waals surface area contributed by atoms with Crippen LogP contribution in [0.4, 0.5) is 0 Å². The van der Waals surface area contributed by atoms with Crippen LogP contribution in [0, 0.1) is 5.41 Å². The predicted molar refractivity (Wildman–Crippen MR) is 68.0 cm³/mol. The molecule has 1 heterocycles. The summed E-state index contributed by atoms with van der Waals surface area (Å²) in [6.07, 6.45) is 16.2. The first-order valence-corrected chi connectivity index (χ1v) is 6.30. The molecular formula is C15H19N. The summed E-state index contributed by atoms with van der Waals surface area (Å²) >= 11 is 0. The molecule has 2 atom stereocenters. The molecule has 3 rings (SSSR count). The highest BCUT2D eigenvalue weighted by Crippen LogP contribution is 2.50. The van der Waals surface area contributed by atoms with Crippen molar-refractivity contribution in [2.75, 3.05) is 6.54 Å². The molecule has 2 unspecified atom stereocenters. The van der Waals surface area contributed by atoms with Gasteiger partial charge in [-0.3, -0.25) is 0 Å². The molecule has 2 aliphatic carbocycles. The first-order valence-electron chi connectivity index (χ1n) is 6.30. The second-order valence-corrected chi connectivity index (χ2v) is 5.06. The standard InChI is InChI=1S/C15H19N/c1-3-16-13-9-5-4-8-12(13)15(2)11-7-6-10-14(15)16/h5-7,9-11,14H,3-4,8H2,1-2H3. The molecule has 0 bridgehead atoms. The van der Waals surface area contributed by atoms with Crippen LogP contribution in [0.5, 0.6) is 0 Å². The smallest absolute Gasteiger partial charge is 0.0602 e.